The van der Waals surface area contributed by atoms with Crippen molar-refractivity contribution in [1.82, 2.24) is 0 Å². The third kappa shape index (κ3) is 2.12. The van der Waals surface area contributed by atoms with E-state index in [1.54, 1.807) is 6.07 Å². The molecule has 0 amide bonds. The van der Waals surface area contributed by atoms with Crippen LogP contribution in [0.3, 0.4) is 0 Å². The summed E-state index contributed by atoms with van der Waals surface area (Å²) < 4.78 is 23.8. The molecule has 0 aromatic heterocycles. The van der Waals surface area contributed by atoms with Crippen molar-refractivity contribution in [3.05, 3.63) is 23.5 Å². The second-order valence-corrected chi connectivity index (χ2v) is 4.54. The molecule has 2 rings (SSSR count). The predicted octanol–water partition coefficient (Wildman–Crippen LogP) is 2.35. The first-order chi connectivity index (χ1) is 8.52. The Labute approximate surface area is 104 Å². The summed E-state index contributed by atoms with van der Waals surface area (Å²) in [5, 5.41) is 8.90. The van der Waals surface area contributed by atoms with E-state index >= 15 is 0 Å². The van der Waals surface area contributed by atoms with Gasteiger partial charge in [-0.05, 0) is 30.5 Å². The zero-order valence-electron chi connectivity index (χ0n) is 10.3. The number of methoxy groups -OCH3 is 2. The molecule has 0 atom stereocenters. The summed E-state index contributed by atoms with van der Waals surface area (Å²) in [5.74, 6) is -1.05. The number of hydrogen-bond donors (Lipinski definition) is 1. The van der Waals surface area contributed by atoms with E-state index in [4.69, 9.17) is 14.6 Å². The van der Waals surface area contributed by atoms with Crippen molar-refractivity contribution in [1.29, 1.82) is 0 Å². The number of benzene rings is 1. The maximum atomic E-state index is 13.8. The van der Waals surface area contributed by atoms with Gasteiger partial charge < -0.3 is 14.6 Å². The van der Waals surface area contributed by atoms with Crippen LogP contribution in [0.2, 0.25) is 0 Å². The minimum absolute atomic E-state index is 0.0158. The number of aliphatic carboxylic acids is 1. The molecule has 0 bridgehead atoms. The van der Waals surface area contributed by atoms with E-state index in [1.165, 1.54) is 20.3 Å². The van der Waals surface area contributed by atoms with Gasteiger partial charge in [0, 0.05) is 5.41 Å². The molecule has 98 valence electrons. The summed E-state index contributed by atoms with van der Waals surface area (Å²) in [6.45, 7) is 0. The van der Waals surface area contributed by atoms with E-state index < -0.39 is 17.2 Å². The Hall–Kier alpha value is -1.78. The van der Waals surface area contributed by atoms with Crippen LogP contribution < -0.4 is 9.47 Å². The summed E-state index contributed by atoms with van der Waals surface area (Å²) in [4.78, 5) is 10.8. The monoisotopic (exact) mass is 254 g/mol. The maximum Gasteiger partial charge on any atom is 0.304 e. The quantitative estimate of drug-likeness (QED) is 0.876. The second kappa shape index (κ2) is 4.48. The number of rotatable bonds is 5. The van der Waals surface area contributed by atoms with Crippen LogP contribution in [0.1, 0.15) is 24.8 Å². The number of carboxylic acid groups (broad SMARTS) is 1. The van der Waals surface area contributed by atoms with E-state index in [0.717, 1.165) is 12.8 Å². The lowest BCUT2D eigenvalue weighted by Crippen LogP contribution is -2.13. The molecule has 0 heterocycles. The van der Waals surface area contributed by atoms with Crippen LogP contribution in [0.5, 0.6) is 11.5 Å². The number of halogens is 1. The first-order valence-electron chi connectivity index (χ1n) is 5.66. The molecule has 5 heteroatoms. The summed E-state index contributed by atoms with van der Waals surface area (Å²) in [6, 6.07) is 3.01. The standard InChI is InChI=1S/C13H15FO4/c1-17-10-6-8(5-9(14)12(10)18-2)13(3-4-13)7-11(15)16/h5-6H,3-4,7H2,1-2H3,(H,15,16). The van der Waals surface area contributed by atoms with Gasteiger partial charge in [0.1, 0.15) is 0 Å². The molecule has 0 saturated heterocycles. The Balaban J connectivity index is 2.41. The molecule has 1 aliphatic carbocycles. The first kappa shape index (κ1) is 12.7. The van der Waals surface area contributed by atoms with Crippen LogP contribution in [0.25, 0.3) is 0 Å². The molecule has 1 aromatic carbocycles. The fraction of sp³-hybridized carbons (Fsp3) is 0.462. The van der Waals surface area contributed by atoms with Gasteiger partial charge in [0.25, 0.3) is 0 Å². The van der Waals surface area contributed by atoms with Gasteiger partial charge >= 0.3 is 5.97 Å². The van der Waals surface area contributed by atoms with E-state index in [-0.39, 0.29) is 12.2 Å². The van der Waals surface area contributed by atoms with Crippen LogP contribution in [-0.4, -0.2) is 25.3 Å². The van der Waals surface area contributed by atoms with Gasteiger partial charge in [-0.3, -0.25) is 4.79 Å². The fourth-order valence-corrected chi connectivity index (χ4v) is 2.23. The topological polar surface area (TPSA) is 55.8 Å². The molecular weight excluding hydrogens is 239 g/mol. The maximum absolute atomic E-state index is 13.8. The molecule has 1 aromatic rings. The number of ether oxygens (including phenoxy) is 2. The molecule has 0 unspecified atom stereocenters. The summed E-state index contributed by atoms with van der Waals surface area (Å²) in [5.41, 5.74) is 0.228. The van der Waals surface area contributed by atoms with Gasteiger partial charge in [-0.1, -0.05) is 0 Å². The third-order valence-corrected chi connectivity index (χ3v) is 3.39. The zero-order valence-corrected chi connectivity index (χ0v) is 10.3. The lowest BCUT2D eigenvalue weighted by molar-refractivity contribution is -0.137. The summed E-state index contributed by atoms with van der Waals surface area (Å²) >= 11 is 0. The van der Waals surface area contributed by atoms with Crippen LogP contribution in [0.4, 0.5) is 4.39 Å². The molecule has 1 N–H and O–H groups in total. The van der Waals surface area contributed by atoms with E-state index in [9.17, 15) is 9.18 Å². The molecule has 4 nitrogen and oxygen atoms in total. The average molecular weight is 254 g/mol. The van der Waals surface area contributed by atoms with E-state index in [0.29, 0.717) is 11.3 Å². The highest BCUT2D eigenvalue weighted by atomic mass is 19.1. The van der Waals surface area contributed by atoms with Gasteiger partial charge in [0.15, 0.2) is 17.3 Å². The van der Waals surface area contributed by atoms with Crippen molar-refractivity contribution in [3.63, 3.8) is 0 Å². The van der Waals surface area contributed by atoms with Crippen LogP contribution in [0.15, 0.2) is 12.1 Å². The molecule has 0 spiro atoms. The van der Waals surface area contributed by atoms with Crippen molar-refractivity contribution in [2.45, 2.75) is 24.7 Å². The van der Waals surface area contributed by atoms with Crippen molar-refractivity contribution in [2.24, 2.45) is 0 Å². The van der Waals surface area contributed by atoms with Crippen LogP contribution in [-0.2, 0) is 10.2 Å². The summed E-state index contributed by atoms with van der Waals surface area (Å²) in [6.07, 6.45) is 1.53. The Morgan fingerprint density at radius 1 is 1.39 bits per heavy atom. The first-order valence-corrected chi connectivity index (χ1v) is 5.66. The van der Waals surface area contributed by atoms with E-state index in [2.05, 4.69) is 0 Å². The smallest absolute Gasteiger partial charge is 0.304 e. The predicted molar refractivity (Wildman–Crippen MR) is 62.7 cm³/mol. The summed E-state index contributed by atoms with van der Waals surface area (Å²) in [7, 11) is 2.79. The number of carboxylic acids is 1. The Bertz CT molecular complexity index is 480. The SMILES string of the molecule is COc1cc(C2(CC(=O)O)CC2)cc(F)c1OC. The average Bonchev–Trinajstić information content (AvgIpc) is 3.07. The molecular formula is C13H15FO4. The Kier molecular flexibility index (Phi) is 3.15. The molecule has 0 aliphatic heterocycles. The lowest BCUT2D eigenvalue weighted by atomic mass is 9.92. The van der Waals surface area contributed by atoms with Crippen molar-refractivity contribution < 1.29 is 23.8 Å². The van der Waals surface area contributed by atoms with Crippen molar-refractivity contribution in [2.75, 3.05) is 14.2 Å². The lowest BCUT2D eigenvalue weighted by Gasteiger charge is -2.16. The largest absolute Gasteiger partial charge is 0.493 e. The minimum Gasteiger partial charge on any atom is -0.493 e. The molecule has 0 radical (unpaired) electrons. The van der Waals surface area contributed by atoms with Crippen molar-refractivity contribution >= 4 is 5.97 Å². The minimum atomic E-state index is -0.873. The van der Waals surface area contributed by atoms with Crippen LogP contribution >= 0.6 is 0 Å². The van der Waals surface area contributed by atoms with Gasteiger partial charge in [-0.2, -0.15) is 0 Å². The highest BCUT2D eigenvalue weighted by Gasteiger charge is 2.46. The second-order valence-electron chi connectivity index (χ2n) is 4.54. The van der Waals surface area contributed by atoms with Gasteiger partial charge in [-0.15, -0.1) is 0 Å². The Morgan fingerprint density at radius 3 is 2.50 bits per heavy atom. The molecule has 1 fully saturated rings. The van der Waals surface area contributed by atoms with Gasteiger partial charge in [0.05, 0.1) is 20.6 Å². The molecule has 1 saturated carbocycles. The molecule has 18 heavy (non-hydrogen) atoms. The highest BCUT2D eigenvalue weighted by Crippen LogP contribution is 2.52. The third-order valence-electron chi connectivity index (χ3n) is 3.39. The van der Waals surface area contributed by atoms with E-state index in [1.807, 2.05) is 0 Å². The van der Waals surface area contributed by atoms with Crippen LogP contribution in [0, 0.1) is 5.82 Å². The normalized spacial score (nSPS) is 16.2. The number of carbonyl (C=O) groups is 1. The fourth-order valence-electron chi connectivity index (χ4n) is 2.23. The number of hydrogen-bond acceptors (Lipinski definition) is 3. The van der Waals surface area contributed by atoms with Gasteiger partial charge in [0.2, 0.25) is 0 Å². The van der Waals surface area contributed by atoms with Gasteiger partial charge in [-0.25, -0.2) is 4.39 Å². The van der Waals surface area contributed by atoms with Crippen molar-refractivity contribution in [3.8, 4) is 11.5 Å². The zero-order chi connectivity index (χ0) is 13.3. The highest BCUT2D eigenvalue weighted by molar-refractivity contribution is 5.70. The Morgan fingerprint density at radius 2 is 2.06 bits per heavy atom. The molecule has 1 aliphatic rings.